The summed E-state index contributed by atoms with van der Waals surface area (Å²) in [4.78, 5) is 27.8. The third kappa shape index (κ3) is 6.20. The van der Waals surface area contributed by atoms with Crippen molar-refractivity contribution >= 4 is 27.5 Å². The number of carbonyl (C=O) groups is 2. The van der Waals surface area contributed by atoms with E-state index in [1.54, 1.807) is 56.5 Å². The molecule has 3 rings (SSSR count). The second-order valence-corrected chi connectivity index (χ2v) is 10.3. The van der Waals surface area contributed by atoms with E-state index >= 15 is 0 Å². The number of methoxy groups -OCH3 is 1. The number of rotatable bonds is 11. The fraction of sp³-hybridized carbons (Fsp3) is 0.440. The average molecular weight is 520 g/mol. The molecule has 0 unspecified atom stereocenters. The number of likely N-dealkylation sites (N-methyl/N-ethyl adjacent to an activating group) is 1. The zero-order valence-electron chi connectivity index (χ0n) is 21.0. The summed E-state index contributed by atoms with van der Waals surface area (Å²) in [6.45, 7) is 3.71. The molecule has 1 heterocycles. The van der Waals surface area contributed by atoms with Crippen molar-refractivity contribution in [3.05, 3.63) is 48.0 Å². The molecular formula is C25H33N3O7S. The van der Waals surface area contributed by atoms with Crippen LogP contribution in [-0.2, 0) is 26.2 Å². The number of carbonyl (C=O) groups excluding carboxylic acids is 2. The Morgan fingerprint density at radius 1 is 1.06 bits per heavy atom. The van der Waals surface area contributed by atoms with Crippen LogP contribution in [0.5, 0.6) is 17.2 Å². The molecule has 36 heavy (non-hydrogen) atoms. The first-order valence-electron chi connectivity index (χ1n) is 11.8. The molecule has 2 aromatic carbocycles. The minimum Gasteiger partial charge on any atom is -0.497 e. The Balaban J connectivity index is 1.96. The Morgan fingerprint density at radius 2 is 1.72 bits per heavy atom. The number of sulfonamides is 1. The molecule has 10 nitrogen and oxygen atoms in total. The van der Waals surface area contributed by atoms with Crippen molar-refractivity contribution in [2.45, 2.75) is 32.9 Å². The summed E-state index contributed by atoms with van der Waals surface area (Å²) in [5.74, 6) is 0.539. The van der Waals surface area contributed by atoms with Crippen LogP contribution >= 0.6 is 0 Å². The molecule has 2 amide bonds. The molecule has 0 saturated heterocycles. The van der Waals surface area contributed by atoms with Crippen molar-refractivity contribution in [2.75, 3.05) is 44.0 Å². The molecule has 1 aliphatic rings. The number of hydrogen-bond acceptors (Lipinski definition) is 7. The van der Waals surface area contributed by atoms with Crippen molar-refractivity contribution in [1.82, 2.24) is 10.2 Å². The quantitative estimate of drug-likeness (QED) is 0.484. The number of anilines is 1. The van der Waals surface area contributed by atoms with Gasteiger partial charge >= 0.3 is 0 Å². The van der Waals surface area contributed by atoms with Gasteiger partial charge in [-0.05, 0) is 43.2 Å². The molecule has 0 aliphatic carbocycles. The third-order valence-electron chi connectivity index (χ3n) is 5.94. The van der Waals surface area contributed by atoms with Crippen molar-refractivity contribution in [3.8, 4) is 17.2 Å². The van der Waals surface area contributed by atoms with Crippen LogP contribution in [0.2, 0.25) is 0 Å². The molecule has 1 aliphatic heterocycles. The van der Waals surface area contributed by atoms with E-state index in [2.05, 4.69) is 5.32 Å². The monoisotopic (exact) mass is 519 g/mol. The first-order valence-corrected chi connectivity index (χ1v) is 13.4. The fourth-order valence-corrected chi connectivity index (χ4v) is 4.97. The Bertz CT molecular complexity index is 1170. The molecule has 2 aromatic rings. The van der Waals surface area contributed by atoms with Gasteiger partial charge < -0.3 is 24.4 Å². The van der Waals surface area contributed by atoms with Gasteiger partial charge in [0.1, 0.15) is 31.5 Å². The number of ether oxygens (including phenoxy) is 3. The van der Waals surface area contributed by atoms with Crippen LogP contribution in [0.3, 0.4) is 0 Å². The van der Waals surface area contributed by atoms with Crippen LogP contribution in [0.15, 0.2) is 42.5 Å². The molecule has 0 fully saturated rings. The van der Waals surface area contributed by atoms with Gasteiger partial charge in [-0.3, -0.25) is 13.9 Å². The summed E-state index contributed by atoms with van der Waals surface area (Å²) < 4.78 is 43.6. The molecule has 0 spiro atoms. The number of hydrogen-bond donors (Lipinski definition) is 1. The van der Waals surface area contributed by atoms with Crippen LogP contribution in [-0.4, -0.2) is 70.8 Å². The smallest absolute Gasteiger partial charge is 0.244 e. The molecule has 11 heteroatoms. The second-order valence-electron chi connectivity index (χ2n) is 8.14. The van der Waals surface area contributed by atoms with E-state index in [1.165, 1.54) is 18.9 Å². The number of fused-ring (bicyclic) bond motifs is 1. The van der Waals surface area contributed by atoms with Gasteiger partial charge in [0, 0.05) is 19.7 Å². The fourth-order valence-electron chi connectivity index (χ4n) is 3.92. The first-order chi connectivity index (χ1) is 17.2. The lowest BCUT2D eigenvalue weighted by atomic mass is 10.1. The Kier molecular flexibility index (Phi) is 9.03. The highest BCUT2D eigenvalue weighted by atomic mass is 32.2. The zero-order valence-corrected chi connectivity index (χ0v) is 21.8. The summed E-state index contributed by atoms with van der Waals surface area (Å²) in [6, 6.07) is 11.1. The summed E-state index contributed by atoms with van der Waals surface area (Å²) in [5.41, 5.74) is 1.06. The van der Waals surface area contributed by atoms with E-state index in [9.17, 15) is 18.0 Å². The SMILES string of the molecule is CC[C@@H](C(=O)NC)N(Cc1ccc(OC)cc1)C(=O)CN(c1ccc2c(c1)OCCO2)S(=O)(=O)CC. The van der Waals surface area contributed by atoms with E-state index < -0.39 is 28.5 Å². The predicted octanol–water partition coefficient (Wildman–Crippen LogP) is 2.18. The summed E-state index contributed by atoms with van der Waals surface area (Å²) >= 11 is 0. The van der Waals surface area contributed by atoms with Crippen LogP contribution in [0.25, 0.3) is 0 Å². The van der Waals surface area contributed by atoms with Gasteiger partial charge in [0.2, 0.25) is 21.8 Å². The lowest BCUT2D eigenvalue weighted by Gasteiger charge is -2.33. The van der Waals surface area contributed by atoms with E-state index in [1.807, 2.05) is 0 Å². The molecular weight excluding hydrogens is 486 g/mol. The average Bonchev–Trinajstić information content (AvgIpc) is 2.91. The van der Waals surface area contributed by atoms with Gasteiger partial charge in [0.25, 0.3) is 0 Å². The predicted molar refractivity (Wildman–Crippen MR) is 136 cm³/mol. The normalized spacial score (nSPS) is 13.4. The zero-order chi connectivity index (χ0) is 26.3. The van der Waals surface area contributed by atoms with Gasteiger partial charge in [-0.25, -0.2) is 8.42 Å². The van der Waals surface area contributed by atoms with Gasteiger partial charge in [-0.15, -0.1) is 0 Å². The van der Waals surface area contributed by atoms with Crippen LogP contribution in [0.1, 0.15) is 25.8 Å². The lowest BCUT2D eigenvalue weighted by Crippen LogP contribution is -2.52. The Hall–Kier alpha value is -3.47. The largest absolute Gasteiger partial charge is 0.497 e. The maximum atomic E-state index is 13.7. The number of benzene rings is 2. The van der Waals surface area contributed by atoms with Crippen LogP contribution < -0.4 is 23.8 Å². The number of nitrogens with zero attached hydrogens (tertiary/aromatic N) is 2. The Morgan fingerprint density at radius 3 is 2.31 bits per heavy atom. The topological polar surface area (TPSA) is 114 Å². The molecule has 196 valence electrons. The van der Waals surface area contributed by atoms with E-state index in [0.717, 1.165) is 9.87 Å². The molecule has 1 N–H and O–H groups in total. The van der Waals surface area contributed by atoms with Crippen molar-refractivity contribution in [1.29, 1.82) is 0 Å². The van der Waals surface area contributed by atoms with Crippen LogP contribution in [0, 0.1) is 0 Å². The summed E-state index contributed by atoms with van der Waals surface area (Å²) in [5, 5.41) is 2.60. The second kappa shape index (κ2) is 12.0. The lowest BCUT2D eigenvalue weighted by molar-refractivity contribution is -0.140. The maximum Gasteiger partial charge on any atom is 0.244 e. The standard InChI is InChI=1S/C25H33N3O7S/c1-5-21(25(30)26-3)27(16-18-7-10-20(33-4)11-8-18)24(29)17-28(36(31,32)6-2)19-9-12-22-23(15-19)35-14-13-34-22/h7-12,15,21H,5-6,13-14,16-17H2,1-4H3,(H,26,30)/t21-/m0/s1. The minimum atomic E-state index is -3.84. The van der Waals surface area contributed by atoms with E-state index in [-0.39, 0.29) is 23.9 Å². The number of nitrogens with one attached hydrogen (secondary N) is 1. The molecule has 0 bridgehead atoms. The molecule has 0 saturated carbocycles. The van der Waals surface area contributed by atoms with Gasteiger partial charge in [-0.2, -0.15) is 0 Å². The molecule has 0 radical (unpaired) electrons. The molecule has 1 atom stereocenters. The highest BCUT2D eigenvalue weighted by Crippen LogP contribution is 2.35. The highest BCUT2D eigenvalue weighted by Gasteiger charge is 2.32. The van der Waals surface area contributed by atoms with Crippen molar-refractivity contribution in [2.24, 2.45) is 0 Å². The Labute approximate surface area is 212 Å². The summed E-state index contributed by atoms with van der Waals surface area (Å²) in [7, 11) is -0.772. The van der Waals surface area contributed by atoms with Gasteiger partial charge in [0.15, 0.2) is 11.5 Å². The highest BCUT2D eigenvalue weighted by molar-refractivity contribution is 7.92. The summed E-state index contributed by atoms with van der Waals surface area (Å²) in [6.07, 6.45) is 0.353. The van der Waals surface area contributed by atoms with Crippen molar-refractivity contribution in [3.63, 3.8) is 0 Å². The third-order valence-corrected chi connectivity index (χ3v) is 7.68. The van der Waals surface area contributed by atoms with Gasteiger partial charge in [-0.1, -0.05) is 19.1 Å². The van der Waals surface area contributed by atoms with Gasteiger partial charge in [0.05, 0.1) is 18.6 Å². The van der Waals surface area contributed by atoms with Crippen LogP contribution in [0.4, 0.5) is 5.69 Å². The van der Waals surface area contributed by atoms with E-state index in [0.29, 0.717) is 36.9 Å². The molecule has 0 aromatic heterocycles. The minimum absolute atomic E-state index is 0.121. The number of amides is 2. The first kappa shape index (κ1) is 27.1. The van der Waals surface area contributed by atoms with E-state index in [4.69, 9.17) is 14.2 Å². The maximum absolute atomic E-state index is 13.7. The van der Waals surface area contributed by atoms with Crippen molar-refractivity contribution < 1.29 is 32.2 Å².